The highest BCUT2D eigenvalue weighted by Crippen LogP contribution is 2.29. The van der Waals surface area contributed by atoms with Crippen LogP contribution in [0.3, 0.4) is 0 Å². The minimum Gasteiger partial charge on any atom is -0.460 e. The van der Waals surface area contributed by atoms with Gasteiger partial charge in [-0.15, -0.1) is 0 Å². The van der Waals surface area contributed by atoms with E-state index in [0.717, 1.165) is 12.8 Å². The minimum absolute atomic E-state index is 0.0997. The van der Waals surface area contributed by atoms with Crippen LogP contribution in [0.2, 0.25) is 10.0 Å². The lowest BCUT2D eigenvalue weighted by atomic mass is 10.2. The first kappa shape index (κ1) is 16.1. The van der Waals surface area contributed by atoms with E-state index in [2.05, 4.69) is 6.92 Å². The number of unbranched alkanes of at least 4 members (excludes halogenated alkanes) is 1. The third-order valence-corrected chi connectivity index (χ3v) is 3.09. The summed E-state index contributed by atoms with van der Waals surface area (Å²) in [6, 6.07) is 3.04. The zero-order valence-corrected chi connectivity index (χ0v) is 12.3. The van der Waals surface area contributed by atoms with Crippen LogP contribution in [0.1, 0.15) is 30.1 Å². The predicted octanol–water partition coefficient (Wildman–Crippen LogP) is 3.55. The van der Waals surface area contributed by atoms with Crippen molar-refractivity contribution in [3.05, 3.63) is 27.7 Å². The molecule has 0 spiro atoms. The van der Waals surface area contributed by atoms with Gasteiger partial charge in [0.2, 0.25) is 0 Å². The number of hydrogen-bond acceptors (Lipinski definition) is 4. The highest BCUT2D eigenvalue weighted by Gasteiger charge is 2.17. The van der Waals surface area contributed by atoms with E-state index < -0.39 is 5.97 Å². The summed E-state index contributed by atoms with van der Waals surface area (Å²) in [4.78, 5) is 11.8. The molecular formula is C13H17Cl2NO3. The predicted molar refractivity (Wildman–Crippen MR) is 76.9 cm³/mol. The van der Waals surface area contributed by atoms with Gasteiger partial charge in [-0.1, -0.05) is 36.5 Å². The van der Waals surface area contributed by atoms with Crippen LogP contribution in [-0.4, -0.2) is 25.8 Å². The Bertz CT molecular complexity index is 438. The molecule has 1 aromatic rings. The van der Waals surface area contributed by atoms with E-state index in [1.807, 2.05) is 0 Å². The fourth-order valence-corrected chi connectivity index (χ4v) is 1.79. The van der Waals surface area contributed by atoms with Gasteiger partial charge < -0.3 is 15.2 Å². The summed E-state index contributed by atoms with van der Waals surface area (Å²) < 4.78 is 10.3. The molecule has 1 rings (SSSR count). The van der Waals surface area contributed by atoms with E-state index in [1.54, 1.807) is 0 Å². The molecule has 0 radical (unpaired) electrons. The van der Waals surface area contributed by atoms with Crippen molar-refractivity contribution in [3.8, 4) is 0 Å². The Morgan fingerprint density at radius 1 is 1.21 bits per heavy atom. The van der Waals surface area contributed by atoms with Crippen molar-refractivity contribution in [3.63, 3.8) is 0 Å². The van der Waals surface area contributed by atoms with E-state index in [9.17, 15) is 4.79 Å². The molecule has 0 aromatic heterocycles. The Labute approximate surface area is 122 Å². The van der Waals surface area contributed by atoms with Crippen LogP contribution in [0, 0.1) is 0 Å². The van der Waals surface area contributed by atoms with Gasteiger partial charge in [0.05, 0.1) is 22.3 Å². The first-order chi connectivity index (χ1) is 9.07. The van der Waals surface area contributed by atoms with Crippen molar-refractivity contribution >= 4 is 34.9 Å². The summed E-state index contributed by atoms with van der Waals surface area (Å²) in [6.07, 6.45) is 2.05. The van der Waals surface area contributed by atoms with Crippen LogP contribution in [0.4, 0.5) is 5.69 Å². The van der Waals surface area contributed by atoms with Gasteiger partial charge in [0.1, 0.15) is 12.2 Å². The number of benzene rings is 1. The number of ether oxygens (including phenoxy) is 2. The molecule has 0 fully saturated rings. The van der Waals surface area contributed by atoms with Gasteiger partial charge in [0, 0.05) is 6.61 Å². The van der Waals surface area contributed by atoms with Crippen molar-refractivity contribution in [2.75, 3.05) is 25.6 Å². The Kier molecular flexibility index (Phi) is 6.99. The van der Waals surface area contributed by atoms with Gasteiger partial charge in [-0.3, -0.25) is 0 Å². The van der Waals surface area contributed by atoms with Gasteiger partial charge in [0.15, 0.2) is 0 Å². The van der Waals surface area contributed by atoms with Gasteiger partial charge in [-0.05, 0) is 18.6 Å². The van der Waals surface area contributed by atoms with E-state index in [1.165, 1.54) is 12.1 Å². The molecule has 19 heavy (non-hydrogen) atoms. The summed E-state index contributed by atoms with van der Waals surface area (Å²) in [5.74, 6) is -0.593. The maximum Gasteiger partial charge on any atom is 0.341 e. The summed E-state index contributed by atoms with van der Waals surface area (Å²) in [5, 5.41) is 0.495. The molecule has 106 valence electrons. The maximum atomic E-state index is 11.8. The molecule has 0 saturated carbocycles. The number of nitrogen functional groups attached to an aromatic ring is 1. The van der Waals surface area contributed by atoms with Gasteiger partial charge in [-0.25, -0.2) is 4.79 Å². The number of esters is 1. The number of rotatable bonds is 7. The van der Waals surface area contributed by atoms with Crippen molar-refractivity contribution in [1.29, 1.82) is 0 Å². The first-order valence-corrected chi connectivity index (χ1v) is 6.81. The Hall–Kier alpha value is -0.970. The normalized spacial score (nSPS) is 10.5. The topological polar surface area (TPSA) is 61.5 Å². The second-order valence-corrected chi connectivity index (χ2v) is 4.73. The SMILES string of the molecule is CCCCOCCOC(=O)c1c(Cl)ccc(Cl)c1N. The molecule has 0 aliphatic carbocycles. The first-order valence-electron chi connectivity index (χ1n) is 6.06. The highest BCUT2D eigenvalue weighted by molar-refractivity contribution is 6.38. The number of carbonyl (C=O) groups excluding carboxylic acids is 1. The van der Waals surface area contributed by atoms with E-state index in [-0.39, 0.29) is 27.9 Å². The molecule has 0 aliphatic rings. The van der Waals surface area contributed by atoms with Crippen molar-refractivity contribution in [1.82, 2.24) is 0 Å². The molecule has 1 aromatic carbocycles. The Morgan fingerprint density at radius 3 is 2.58 bits per heavy atom. The molecule has 0 aliphatic heterocycles. The lowest BCUT2D eigenvalue weighted by molar-refractivity contribution is 0.0315. The largest absolute Gasteiger partial charge is 0.460 e. The van der Waals surface area contributed by atoms with E-state index in [0.29, 0.717) is 13.2 Å². The van der Waals surface area contributed by atoms with Gasteiger partial charge in [0.25, 0.3) is 0 Å². The van der Waals surface area contributed by atoms with E-state index in [4.69, 9.17) is 38.4 Å². The zero-order valence-electron chi connectivity index (χ0n) is 10.7. The quantitative estimate of drug-likeness (QED) is 0.475. The summed E-state index contributed by atoms with van der Waals surface area (Å²) in [7, 11) is 0. The highest BCUT2D eigenvalue weighted by atomic mass is 35.5. The number of anilines is 1. The number of hydrogen-bond donors (Lipinski definition) is 1. The van der Waals surface area contributed by atoms with Gasteiger partial charge >= 0.3 is 5.97 Å². The Balaban J connectivity index is 2.48. The lowest BCUT2D eigenvalue weighted by Gasteiger charge is -2.10. The molecule has 0 saturated heterocycles. The van der Waals surface area contributed by atoms with Crippen LogP contribution in [0.5, 0.6) is 0 Å². The second kappa shape index (κ2) is 8.25. The monoisotopic (exact) mass is 305 g/mol. The molecule has 0 amide bonds. The molecule has 0 atom stereocenters. The molecule has 4 nitrogen and oxygen atoms in total. The van der Waals surface area contributed by atoms with Crippen LogP contribution in [-0.2, 0) is 9.47 Å². The van der Waals surface area contributed by atoms with Crippen LogP contribution < -0.4 is 5.73 Å². The smallest absolute Gasteiger partial charge is 0.341 e. The maximum absolute atomic E-state index is 11.8. The summed E-state index contributed by atoms with van der Waals surface area (Å²) in [5.41, 5.74) is 5.94. The van der Waals surface area contributed by atoms with Crippen LogP contribution >= 0.6 is 23.2 Å². The van der Waals surface area contributed by atoms with E-state index >= 15 is 0 Å². The molecule has 0 unspecified atom stereocenters. The molecule has 0 bridgehead atoms. The molecular weight excluding hydrogens is 289 g/mol. The van der Waals surface area contributed by atoms with Gasteiger partial charge in [-0.2, -0.15) is 0 Å². The fourth-order valence-electron chi connectivity index (χ4n) is 1.39. The number of halogens is 2. The zero-order chi connectivity index (χ0) is 14.3. The number of carbonyl (C=O) groups is 1. The summed E-state index contributed by atoms with van der Waals surface area (Å²) in [6.45, 7) is 3.25. The van der Waals surface area contributed by atoms with Crippen LogP contribution in [0.25, 0.3) is 0 Å². The fraction of sp³-hybridized carbons (Fsp3) is 0.462. The number of nitrogens with two attached hydrogens (primary N) is 1. The molecule has 6 heteroatoms. The third kappa shape index (κ3) is 4.90. The van der Waals surface area contributed by atoms with Crippen LogP contribution in [0.15, 0.2) is 12.1 Å². The average Bonchev–Trinajstić information content (AvgIpc) is 2.38. The molecule has 0 heterocycles. The second-order valence-electron chi connectivity index (χ2n) is 3.92. The molecule has 2 N–H and O–H groups in total. The minimum atomic E-state index is -0.593. The van der Waals surface area contributed by atoms with Crippen molar-refractivity contribution in [2.24, 2.45) is 0 Å². The van der Waals surface area contributed by atoms with Crippen molar-refractivity contribution < 1.29 is 14.3 Å². The standard InChI is InChI=1S/C13H17Cl2NO3/c1-2-3-6-18-7-8-19-13(17)11-9(14)4-5-10(15)12(11)16/h4-5H,2-3,6-8,16H2,1H3. The lowest BCUT2D eigenvalue weighted by Crippen LogP contribution is -2.13. The average molecular weight is 306 g/mol. The Morgan fingerprint density at radius 2 is 1.89 bits per heavy atom. The summed E-state index contributed by atoms with van der Waals surface area (Å²) >= 11 is 11.7. The third-order valence-electron chi connectivity index (χ3n) is 2.45. The van der Waals surface area contributed by atoms with Crippen molar-refractivity contribution in [2.45, 2.75) is 19.8 Å².